The molecule has 0 aliphatic carbocycles. The summed E-state index contributed by atoms with van der Waals surface area (Å²) in [6.45, 7) is 6.24. The molecule has 0 aromatic carbocycles. The molecule has 0 aromatic heterocycles. The highest BCUT2D eigenvalue weighted by Gasteiger charge is 2.44. The summed E-state index contributed by atoms with van der Waals surface area (Å²) in [6, 6.07) is 0.0397. The summed E-state index contributed by atoms with van der Waals surface area (Å²) in [5.74, 6) is -0.113. The van der Waals surface area contributed by atoms with Crippen LogP contribution in [0.3, 0.4) is 0 Å². The third kappa shape index (κ3) is 1.80. The minimum atomic E-state index is -0.794. The van der Waals surface area contributed by atoms with Crippen molar-refractivity contribution in [2.24, 2.45) is 0 Å². The van der Waals surface area contributed by atoms with E-state index in [1.54, 1.807) is 18.7 Å². The van der Waals surface area contributed by atoms with Gasteiger partial charge in [0.2, 0.25) is 11.8 Å². The van der Waals surface area contributed by atoms with Crippen LogP contribution in [0.1, 0.15) is 27.2 Å². The molecule has 0 saturated carbocycles. The Kier molecular flexibility index (Phi) is 2.66. The Hall–Kier alpha value is -1.10. The van der Waals surface area contributed by atoms with Crippen LogP contribution in [0, 0.1) is 0 Å². The Morgan fingerprint density at radius 3 is 2.69 bits per heavy atom. The fourth-order valence-corrected chi connectivity index (χ4v) is 2.42. The number of nitrogens with one attached hydrogen (secondary N) is 1. The fraction of sp³-hybridized carbons (Fsp3) is 0.818. The summed E-state index contributed by atoms with van der Waals surface area (Å²) in [4.78, 5) is 25.4. The van der Waals surface area contributed by atoms with Crippen molar-refractivity contribution in [1.29, 1.82) is 0 Å². The van der Waals surface area contributed by atoms with Crippen molar-refractivity contribution in [3.8, 4) is 0 Å². The Bertz CT molecular complexity index is 327. The molecule has 5 nitrogen and oxygen atoms in total. The van der Waals surface area contributed by atoms with Crippen molar-refractivity contribution in [1.82, 2.24) is 10.2 Å². The monoisotopic (exact) mass is 226 g/mol. The molecule has 5 heteroatoms. The number of piperazine rings is 1. The molecular weight excluding hydrogens is 208 g/mol. The second-order valence-corrected chi connectivity index (χ2v) is 5.04. The highest BCUT2D eigenvalue weighted by molar-refractivity contribution is 5.97. The number of nitrogens with zero attached hydrogens (tertiary/aromatic N) is 1. The topological polar surface area (TPSA) is 58.6 Å². The predicted molar refractivity (Wildman–Crippen MR) is 57.8 cm³/mol. The van der Waals surface area contributed by atoms with Crippen LogP contribution in [-0.4, -0.2) is 47.6 Å². The second kappa shape index (κ2) is 3.73. The molecule has 2 amide bonds. The molecule has 2 saturated heterocycles. The van der Waals surface area contributed by atoms with E-state index in [1.807, 2.05) is 6.92 Å². The summed E-state index contributed by atoms with van der Waals surface area (Å²) >= 11 is 0. The van der Waals surface area contributed by atoms with Gasteiger partial charge < -0.3 is 15.0 Å². The van der Waals surface area contributed by atoms with Crippen molar-refractivity contribution in [3.63, 3.8) is 0 Å². The van der Waals surface area contributed by atoms with Gasteiger partial charge in [-0.25, -0.2) is 0 Å². The normalized spacial score (nSPS) is 34.1. The fourth-order valence-electron chi connectivity index (χ4n) is 2.42. The van der Waals surface area contributed by atoms with Gasteiger partial charge in [0.25, 0.3) is 0 Å². The lowest BCUT2D eigenvalue weighted by Gasteiger charge is -2.41. The van der Waals surface area contributed by atoms with E-state index in [1.165, 1.54) is 0 Å². The molecular formula is C11H18N2O3. The molecule has 2 heterocycles. The molecule has 2 unspecified atom stereocenters. The molecule has 16 heavy (non-hydrogen) atoms. The standard InChI is InChI=1S/C11H18N2O3/c1-7-8(4-5-16-7)13-6-9(14)12-11(2,3)10(13)15/h7-8H,4-6H2,1-3H3,(H,12,14). The summed E-state index contributed by atoms with van der Waals surface area (Å²) in [6.07, 6.45) is 0.835. The van der Waals surface area contributed by atoms with Crippen LogP contribution in [0.25, 0.3) is 0 Å². The summed E-state index contributed by atoms with van der Waals surface area (Å²) in [5.41, 5.74) is -0.794. The molecule has 0 radical (unpaired) electrons. The number of carbonyl (C=O) groups is 2. The van der Waals surface area contributed by atoms with E-state index in [4.69, 9.17) is 4.74 Å². The first-order chi connectivity index (χ1) is 7.42. The third-order valence-corrected chi connectivity index (χ3v) is 3.30. The van der Waals surface area contributed by atoms with Crippen LogP contribution >= 0.6 is 0 Å². The van der Waals surface area contributed by atoms with E-state index in [0.717, 1.165) is 6.42 Å². The maximum atomic E-state index is 12.2. The quantitative estimate of drug-likeness (QED) is 0.679. The third-order valence-electron chi connectivity index (χ3n) is 3.30. The van der Waals surface area contributed by atoms with Crippen LogP contribution in [-0.2, 0) is 14.3 Å². The Labute approximate surface area is 95.1 Å². The van der Waals surface area contributed by atoms with Gasteiger partial charge >= 0.3 is 0 Å². The average Bonchev–Trinajstić information content (AvgIpc) is 2.57. The SMILES string of the molecule is CC1OCCC1N1CC(=O)NC(C)(C)C1=O. The molecule has 90 valence electrons. The van der Waals surface area contributed by atoms with Gasteiger partial charge in [0.05, 0.1) is 12.1 Å². The predicted octanol–water partition coefficient (Wildman–Crippen LogP) is -0.0992. The number of hydrogen-bond donors (Lipinski definition) is 1. The number of hydrogen-bond acceptors (Lipinski definition) is 3. The lowest BCUT2D eigenvalue weighted by Crippen LogP contribution is -2.66. The van der Waals surface area contributed by atoms with Crippen LogP contribution in [0.2, 0.25) is 0 Å². The van der Waals surface area contributed by atoms with Crippen LogP contribution in [0.5, 0.6) is 0 Å². The minimum Gasteiger partial charge on any atom is -0.376 e. The van der Waals surface area contributed by atoms with Crippen molar-refractivity contribution in [3.05, 3.63) is 0 Å². The summed E-state index contributed by atoms with van der Waals surface area (Å²) < 4.78 is 5.44. The van der Waals surface area contributed by atoms with Gasteiger partial charge in [-0.15, -0.1) is 0 Å². The molecule has 2 aliphatic heterocycles. The minimum absolute atomic E-state index is 0.0190. The Morgan fingerprint density at radius 1 is 1.44 bits per heavy atom. The molecule has 2 aliphatic rings. The van der Waals surface area contributed by atoms with Crippen molar-refractivity contribution in [2.45, 2.75) is 44.9 Å². The number of amides is 2. The van der Waals surface area contributed by atoms with E-state index in [9.17, 15) is 9.59 Å². The van der Waals surface area contributed by atoms with Crippen molar-refractivity contribution in [2.75, 3.05) is 13.2 Å². The van der Waals surface area contributed by atoms with E-state index in [2.05, 4.69) is 5.32 Å². The average molecular weight is 226 g/mol. The summed E-state index contributed by atoms with van der Waals surface area (Å²) in [5, 5.41) is 2.70. The van der Waals surface area contributed by atoms with Gasteiger partial charge in [-0.3, -0.25) is 9.59 Å². The highest BCUT2D eigenvalue weighted by Crippen LogP contribution is 2.24. The molecule has 0 bridgehead atoms. The first kappa shape index (κ1) is 11.4. The molecule has 2 atom stereocenters. The van der Waals surface area contributed by atoms with E-state index < -0.39 is 5.54 Å². The molecule has 2 fully saturated rings. The van der Waals surface area contributed by atoms with Gasteiger partial charge in [-0.1, -0.05) is 0 Å². The molecule has 2 rings (SSSR count). The molecule has 0 aromatic rings. The lowest BCUT2D eigenvalue weighted by molar-refractivity contribution is -0.151. The zero-order valence-corrected chi connectivity index (χ0v) is 9.95. The van der Waals surface area contributed by atoms with E-state index in [0.29, 0.717) is 6.61 Å². The maximum absolute atomic E-state index is 12.2. The van der Waals surface area contributed by atoms with Crippen molar-refractivity contribution >= 4 is 11.8 Å². The second-order valence-electron chi connectivity index (χ2n) is 5.04. The Morgan fingerprint density at radius 2 is 2.12 bits per heavy atom. The molecule has 1 N–H and O–H groups in total. The van der Waals surface area contributed by atoms with Gasteiger partial charge in [-0.05, 0) is 27.2 Å². The zero-order chi connectivity index (χ0) is 11.9. The molecule has 0 spiro atoms. The van der Waals surface area contributed by atoms with Crippen LogP contribution < -0.4 is 5.32 Å². The van der Waals surface area contributed by atoms with Gasteiger partial charge in [0.1, 0.15) is 12.1 Å². The number of ether oxygens (including phenoxy) is 1. The smallest absolute Gasteiger partial charge is 0.248 e. The lowest BCUT2D eigenvalue weighted by atomic mass is 9.97. The van der Waals surface area contributed by atoms with Gasteiger partial charge in [0.15, 0.2) is 0 Å². The van der Waals surface area contributed by atoms with Crippen LogP contribution in [0.15, 0.2) is 0 Å². The summed E-state index contributed by atoms with van der Waals surface area (Å²) in [7, 11) is 0. The first-order valence-electron chi connectivity index (χ1n) is 5.65. The maximum Gasteiger partial charge on any atom is 0.248 e. The Balaban J connectivity index is 2.20. The van der Waals surface area contributed by atoms with Gasteiger partial charge in [0, 0.05) is 6.61 Å². The van der Waals surface area contributed by atoms with Gasteiger partial charge in [-0.2, -0.15) is 0 Å². The van der Waals surface area contributed by atoms with E-state index in [-0.39, 0.29) is 30.5 Å². The van der Waals surface area contributed by atoms with Crippen molar-refractivity contribution < 1.29 is 14.3 Å². The van der Waals surface area contributed by atoms with E-state index >= 15 is 0 Å². The number of carbonyl (C=O) groups excluding carboxylic acids is 2. The zero-order valence-electron chi connectivity index (χ0n) is 9.95. The number of rotatable bonds is 1. The highest BCUT2D eigenvalue weighted by atomic mass is 16.5. The largest absolute Gasteiger partial charge is 0.376 e. The first-order valence-corrected chi connectivity index (χ1v) is 5.65. The van der Waals surface area contributed by atoms with Crippen LogP contribution in [0.4, 0.5) is 0 Å².